The molecular weight excluding hydrogens is 212 g/mol. The largest absolute Gasteiger partial charge is 0.383 e. The summed E-state index contributed by atoms with van der Waals surface area (Å²) in [5.74, 6) is 0. The van der Waals surface area contributed by atoms with Gasteiger partial charge in [0.15, 0.2) is 0 Å². The smallest absolute Gasteiger partial charge is 0.0589 e. The number of rotatable bonds is 10. The Bertz CT molecular complexity index is 198. The van der Waals surface area contributed by atoms with E-state index in [1.807, 2.05) is 0 Å². The molecule has 102 valence electrons. The molecule has 1 N–H and O–H groups in total. The first-order valence-corrected chi connectivity index (χ1v) is 7.03. The van der Waals surface area contributed by atoms with E-state index in [1.165, 1.54) is 32.2 Å². The number of ether oxygens (including phenoxy) is 1. The standard InChI is InChI=1S/C14H30N2O/c1-5-8-14(2,11-15-3)12-16(9-10-17-4)13-6-7-13/h13,15H,5-12H2,1-4H3. The Morgan fingerprint density at radius 1 is 1.41 bits per heavy atom. The van der Waals surface area contributed by atoms with Crippen LogP contribution in [0.25, 0.3) is 0 Å². The van der Waals surface area contributed by atoms with Gasteiger partial charge in [-0.25, -0.2) is 0 Å². The number of hydrogen-bond donors (Lipinski definition) is 1. The molecule has 0 bridgehead atoms. The van der Waals surface area contributed by atoms with Crippen LogP contribution in [0.15, 0.2) is 0 Å². The van der Waals surface area contributed by atoms with Crippen molar-refractivity contribution in [3.63, 3.8) is 0 Å². The van der Waals surface area contributed by atoms with Crippen molar-refractivity contribution in [3.8, 4) is 0 Å². The van der Waals surface area contributed by atoms with Gasteiger partial charge in [0.05, 0.1) is 6.61 Å². The molecule has 1 unspecified atom stereocenters. The van der Waals surface area contributed by atoms with E-state index in [4.69, 9.17) is 4.74 Å². The molecule has 0 amide bonds. The third-order valence-electron chi connectivity index (χ3n) is 3.69. The van der Waals surface area contributed by atoms with Gasteiger partial charge in [0, 0.05) is 32.8 Å². The summed E-state index contributed by atoms with van der Waals surface area (Å²) in [7, 11) is 3.86. The third-order valence-corrected chi connectivity index (χ3v) is 3.69. The fraction of sp³-hybridized carbons (Fsp3) is 1.00. The number of methoxy groups -OCH3 is 1. The van der Waals surface area contributed by atoms with E-state index in [9.17, 15) is 0 Å². The predicted octanol–water partition coefficient (Wildman–Crippen LogP) is 2.12. The van der Waals surface area contributed by atoms with Crippen molar-refractivity contribution in [1.29, 1.82) is 0 Å². The van der Waals surface area contributed by atoms with E-state index >= 15 is 0 Å². The molecule has 17 heavy (non-hydrogen) atoms. The zero-order valence-electron chi connectivity index (χ0n) is 12.1. The summed E-state index contributed by atoms with van der Waals surface area (Å²) >= 11 is 0. The molecule has 1 atom stereocenters. The van der Waals surface area contributed by atoms with Gasteiger partial charge in [0.1, 0.15) is 0 Å². The highest BCUT2D eigenvalue weighted by Gasteiger charge is 2.34. The molecule has 0 saturated heterocycles. The molecule has 0 radical (unpaired) electrons. The van der Waals surface area contributed by atoms with Crippen molar-refractivity contribution in [2.75, 3.05) is 40.4 Å². The quantitative estimate of drug-likeness (QED) is 0.635. The highest BCUT2D eigenvalue weighted by atomic mass is 16.5. The van der Waals surface area contributed by atoms with Crippen molar-refractivity contribution >= 4 is 0 Å². The molecule has 1 aliphatic carbocycles. The Kier molecular flexibility index (Phi) is 6.45. The number of nitrogens with one attached hydrogen (secondary N) is 1. The van der Waals surface area contributed by atoms with E-state index in [2.05, 4.69) is 31.1 Å². The molecule has 3 heteroatoms. The van der Waals surface area contributed by atoms with Gasteiger partial charge in [-0.2, -0.15) is 0 Å². The Labute approximate surface area is 107 Å². The lowest BCUT2D eigenvalue weighted by atomic mass is 9.84. The van der Waals surface area contributed by atoms with Crippen LogP contribution in [0, 0.1) is 5.41 Å². The summed E-state index contributed by atoms with van der Waals surface area (Å²) in [4.78, 5) is 2.64. The first-order chi connectivity index (χ1) is 8.15. The summed E-state index contributed by atoms with van der Waals surface area (Å²) in [5, 5.41) is 3.36. The lowest BCUT2D eigenvalue weighted by molar-refractivity contribution is 0.102. The lowest BCUT2D eigenvalue weighted by Crippen LogP contribution is -2.43. The van der Waals surface area contributed by atoms with E-state index in [-0.39, 0.29) is 0 Å². The Balaban J connectivity index is 2.48. The van der Waals surface area contributed by atoms with E-state index in [0.717, 1.165) is 25.7 Å². The van der Waals surface area contributed by atoms with Gasteiger partial charge in [0.25, 0.3) is 0 Å². The van der Waals surface area contributed by atoms with Gasteiger partial charge in [-0.05, 0) is 31.7 Å². The van der Waals surface area contributed by atoms with Gasteiger partial charge < -0.3 is 10.1 Å². The maximum absolute atomic E-state index is 5.23. The molecule has 1 aliphatic rings. The normalized spacial score (nSPS) is 19.6. The van der Waals surface area contributed by atoms with Crippen molar-refractivity contribution in [1.82, 2.24) is 10.2 Å². The second-order valence-corrected chi connectivity index (χ2v) is 5.79. The summed E-state index contributed by atoms with van der Waals surface area (Å²) in [6, 6.07) is 0.832. The van der Waals surface area contributed by atoms with Gasteiger partial charge in [-0.15, -0.1) is 0 Å². The SMILES string of the molecule is CCCC(C)(CNC)CN(CCOC)C1CC1. The van der Waals surface area contributed by atoms with E-state index < -0.39 is 0 Å². The second-order valence-electron chi connectivity index (χ2n) is 5.79. The highest BCUT2D eigenvalue weighted by molar-refractivity contribution is 4.89. The summed E-state index contributed by atoms with van der Waals surface area (Å²) < 4.78 is 5.23. The molecule has 0 aromatic carbocycles. The van der Waals surface area contributed by atoms with Crippen LogP contribution >= 0.6 is 0 Å². The van der Waals surface area contributed by atoms with E-state index in [0.29, 0.717) is 5.41 Å². The molecule has 0 aromatic heterocycles. The first kappa shape index (κ1) is 14.9. The molecule has 0 spiro atoms. The van der Waals surface area contributed by atoms with Gasteiger partial charge in [0.2, 0.25) is 0 Å². The van der Waals surface area contributed by atoms with Crippen LogP contribution in [0.4, 0.5) is 0 Å². The summed E-state index contributed by atoms with van der Waals surface area (Å²) in [6.45, 7) is 8.95. The van der Waals surface area contributed by atoms with Crippen LogP contribution in [0.2, 0.25) is 0 Å². The second kappa shape index (κ2) is 7.34. The minimum Gasteiger partial charge on any atom is -0.383 e. The Morgan fingerprint density at radius 3 is 2.59 bits per heavy atom. The highest BCUT2D eigenvalue weighted by Crippen LogP contribution is 2.32. The van der Waals surface area contributed by atoms with Crippen LogP contribution < -0.4 is 5.32 Å². The fourth-order valence-electron chi connectivity index (χ4n) is 2.78. The Hall–Kier alpha value is -0.120. The van der Waals surface area contributed by atoms with Crippen molar-refractivity contribution in [2.24, 2.45) is 5.41 Å². The molecule has 3 nitrogen and oxygen atoms in total. The van der Waals surface area contributed by atoms with Crippen molar-refractivity contribution in [3.05, 3.63) is 0 Å². The first-order valence-electron chi connectivity index (χ1n) is 7.03. The average Bonchev–Trinajstić information content (AvgIpc) is 3.08. The van der Waals surface area contributed by atoms with Crippen LogP contribution in [0.3, 0.4) is 0 Å². The van der Waals surface area contributed by atoms with Crippen LogP contribution in [-0.4, -0.2) is 51.3 Å². The third kappa shape index (κ3) is 5.36. The number of nitrogens with zero attached hydrogens (tertiary/aromatic N) is 1. The van der Waals surface area contributed by atoms with Gasteiger partial charge in [-0.3, -0.25) is 4.90 Å². The monoisotopic (exact) mass is 242 g/mol. The van der Waals surface area contributed by atoms with Gasteiger partial charge >= 0.3 is 0 Å². The topological polar surface area (TPSA) is 24.5 Å². The molecule has 1 fully saturated rings. The van der Waals surface area contributed by atoms with Crippen molar-refractivity contribution < 1.29 is 4.74 Å². The molecular formula is C14H30N2O. The molecule has 0 aromatic rings. The summed E-state index contributed by atoms with van der Waals surface area (Å²) in [5.41, 5.74) is 0.403. The molecule has 0 aliphatic heterocycles. The molecule has 1 rings (SSSR count). The minimum absolute atomic E-state index is 0.403. The zero-order chi connectivity index (χ0) is 12.7. The average molecular weight is 242 g/mol. The Morgan fingerprint density at radius 2 is 2.12 bits per heavy atom. The predicted molar refractivity (Wildman–Crippen MR) is 73.4 cm³/mol. The van der Waals surface area contributed by atoms with Gasteiger partial charge in [-0.1, -0.05) is 20.3 Å². The molecule has 1 saturated carbocycles. The van der Waals surface area contributed by atoms with E-state index in [1.54, 1.807) is 7.11 Å². The van der Waals surface area contributed by atoms with Crippen LogP contribution in [-0.2, 0) is 4.74 Å². The maximum Gasteiger partial charge on any atom is 0.0589 e. The van der Waals surface area contributed by atoms with Crippen LogP contribution in [0.1, 0.15) is 39.5 Å². The fourth-order valence-corrected chi connectivity index (χ4v) is 2.78. The zero-order valence-corrected chi connectivity index (χ0v) is 12.1. The van der Waals surface area contributed by atoms with Crippen molar-refractivity contribution in [2.45, 2.75) is 45.6 Å². The lowest BCUT2D eigenvalue weighted by Gasteiger charge is -2.35. The minimum atomic E-state index is 0.403. The molecule has 0 heterocycles. The van der Waals surface area contributed by atoms with Crippen LogP contribution in [0.5, 0.6) is 0 Å². The summed E-state index contributed by atoms with van der Waals surface area (Å²) in [6.07, 6.45) is 5.32. The number of hydrogen-bond acceptors (Lipinski definition) is 3. The maximum atomic E-state index is 5.23.